The minimum Gasteiger partial charge on any atom is -0.491 e. The van der Waals surface area contributed by atoms with E-state index in [1.807, 2.05) is 0 Å². The molecule has 4 nitrogen and oxygen atoms in total. The zero-order chi connectivity index (χ0) is 12.5. The summed E-state index contributed by atoms with van der Waals surface area (Å²) < 4.78 is 10.7. The Bertz CT molecular complexity index is 349. The fraction of sp³-hybridized carbons (Fsp3) is 0.462. The van der Waals surface area contributed by atoms with Gasteiger partial charge in [-0.1, -0.05) is 19.4 Å². The normalized spacial score (nSPS) is 10.2. The molecule has 0 heterocycles. The Hall–Kier alpha value is -1.55. The van der Waals surface area contributed by atoms with Gasteiger partial charge in [0.05, 0.1) is 12.2 Å². The summed E-state index contributed by atoms with van der Waals surface area (Å²) >= 11 is 0. The van der Waals surface area contributed by atoms with E-state index >= 15 is 0 Å². The summed E-state index contributed by atoms with van der Waals surface area (Å²) in [7, 11) is 0. The maximum absolute atomic E-state index is 10.7. The standard InChI is InChI=1S/C13H18O4/c1-2-3-7-16-8-9-17-12-6-4-5-11(10-12)13(14)15/h4-6,10H,2-3,7-9H2,1H3,(H,14,15). The summed E-state index contributed by atoms with van der Waals surface area (Å²) in [5, 5.41) is 8.80. The SMILES string of the molecule is CCCCOCCOc1cccc(C(=O)O)c1. The lowest BCUT2D eigenvalue weighted by Crippen LogP contribution is -2.07. The highest BCUT2D eigenvalue weighted by Gasteiger charge is 2.03. The molecule has 4 heteroatoms. The average Bonchev–Trinajstić information content (AvgIpc) is 2.34. The Morgan fingerprint density at radius 1 is 1.29 bits per heavy atom. The fourth-order valence-electron chi connectivity index (χ4n) is 1.29. The zero-order valence-electron chi connectivity index (χ0n) is 10.0. The molecular formula is C13H18O4. The second-order valence-corrected chi connectivity index (χ2v) is 3.65. The van der Waals surface area contributed by atoms with Crippen molar-refractivity contribution in [2.45, 2.75) is 19.8 Å². The Balaban J connectivity index is 2.27. The molecule has 0 fully saturated rings. The number of carbonyl (C=O) groups is 1. The molecule has 0 atom stereocenters. The molecule has 0 radical (unpaired) electrons. The van der Waals surface area contributed by atoms with Gasteiger partial charge in [0, 0.05) is 6.61 Å². The third kappa shape index (κ3) is 5.36. The van der Waals surface area contributed by atoms with Crippen LogP contribution in [0, 0.1) is 0 Å². The number of carboxylic acids is 1. The van der Waals surface area contributed by atoms with Gasteiger partial charge in [-0.2, -0.15) is 0 Å². The van der Waals surface area contributed by atoms with Gasteiger partial charge in [0.1, 0.15) is 12.4 Å². The van der Waals surface area contributed by atoms with Gasteiger partial charge in [-0.15, -0.1) is 0 Å². The van der Waals surface area contributed by atoms with Gasteiger partial charge in [-0.3, -0.25) is 0 Å². The number of carboxylic acid groups (broad SMARTS) is 1. The summed E-state index contributed by atoms with van der Waals surface area (Å²) in [6.45, 7) is 3.82. The van der Waals surface area contributed by atoms with E-state index in [1.165, 1.54) is 12.1 Å². The lowest BCUT2D eigenvalue weighted by molar-refractivity contribution is 0.0696. The van der Waals surface area contributed by atoms with Gasteiger partial charge in [-0.05, 0) is 24.6 Å². The van der Waals surface area contributed by atoms with E-state index in [9.17, 15) is 4.79 Å². The second kappa shape index (κ2) is 7.68. The number of ether oxygens (including phenoxy) is 2. The summed E-state index contributed by atoms with van der Waals surface area (Å²) in [4.78, 5) is 10.7. The third-order valence-electron chi connectivity index (χ3n) is 2.22. The number of unbranched alkanes of at least 4 members (excludes halogenated alkanes) is 1. The van der Waals surface area contributed by atoms with Crippen LogP contribution in [0.2, 0.25) is 0 Å². The predicted molar refractivity (Wildman–Crippen MR) is 64.6 cm³/mol. The van der Waals surface area contributed by atoms with Crippen molar-refractivity contribution < 1.29 is 19.4 Å². The van der Waals surface area contributed by atoms with Crippen LogP contribution in [0.4, 0.5) is 0 Å². The van der Waals surface area contributed by atoms with Crippen LogP contribution in [0.25, 0.3) is 0 Å². The van der Waals surface area contributed by atoms with Crippen molar-refractivity contribution in [3.63, 3.8) is 0 Å². The highest BCUT2D eigenvalue weighted by Crippen LogP contribution is 2.13. The van der Waals surface area contributed by atoms with Gasteiger partial charge < -0.3 is 14.6 Å². The van der Waals surface area contributed by atoms with Crippen LogP contribution in [0.3, 0.4) is 0 Å². The maximum atomic E-state index is 10.7. The highest BCUT2D eigenvalue weighted by atomic mass is 16.5. The van der Waals surface area contributed by atoms with Crippen molar-refractivity contribution in [3.05, 3.63) is 29.8 Å². The third-order valence-corrected chi connectivity index (χ3v) is 2.22. The molecule has 0 aromatic heterocycles. The van der Waals surface area contributed by atoms with Crippen LogP contribution in [-0.2, 0) is 4.74 Å². The smallest absolute Gasteiger partial charge is 0.335 e. The molecule has 1 aromatic carbocycles. The van der Waals surface area contributed by atoms with Gasteiger partial charge in [0.15, 0.2) is 0 Å². The van der Waals surface area contributed by atoms with E-state index in [-0.39, 0.29) is 5.56 Å². The monoisotopic (exact) mass is 238 g/mol. The molecule has 0 aliphatic carbocycles. The largest absolute Gasteiger partial charge is 0.491 e. The van der Waals surface area contributed by atoms with E-state index < -0.39 is 5.97 Å². The second-order valence-electron chi connectivity index (χ2n) is 3.65. The number of benzene rings is 1. The molecule has 0 amide bonds. The van der Waals surface area contributed by atoms with Crippen LogP contribution in [0.15, 0.2) is 24.3 Å². The molecule has 0 aliphatic rings. The van der Waals surface area contributed by atoms with E-state index in [0.717, 1.165) is 19.4 Å². The van der Waals surface area contributed by atoms with Crippen molar-refractivity contribution in [2.24, 2.45) is 0 Å². The topological polar surface area (TPSA) is 55.8 Å². The van der Waals surface area contributed by atoms with Crippen LogP contribution in [0.1, 0.15) is 30.1 Å². The Kier molecular flexibility index (Phi) is 6.10. The number of hydrogen-bond acceptors (Lipinski definition) is 3. The fourth-order valence-corrected chi connectivity index (χ4v) is 1.29. The Morgan fingerprint density at radius 3 is 2.82 bits per heavy atom. The molecule has 0 saturated heterocycles. The maximum Gasteiger partial charge on any atom is 0.335 e. The first kappa shape index (κ1) is 13.5. The average molecular weight is 238 g/mol. The molecule has 0 bridgehead atoms. The molecule has 0 aliphatic heterocycles. The summed E-state index contributed by atoms with van der Waals surface area (Å²) in [5.74, 6) is -0.390. The van der Waals surface area contributed by atoms with Gasteiger partial charge in [0.2, 0.25) is 0 Å². The molecule has 17 heavy (non-hydrogen) atoms. The first-order valence-corrected chi connectivity index (χ1v) is 5.78. The Morgan fingerprint density at radius 2 is 2.12 bits per heavy atom. The van der Waals surface area contributed by atoms with Gasteiger partial charge >= 0.3 is 5.97 Å². The first-order chi connectivity index (χ1) is 8.24. The quantitative estimate of drug-likeness (QED) is 0.707. The van der Waals surface area contributed by atoms with Crippen LogP contribution in [0.5, 0.6) is 5.75 Å². The van der Waals surface area contributed by atoms with Crippen molar-refractivity contribution >= 4 is 5.97 Å². The van der Waals surface area contributed by atoms with Crippen LogP contribution in [-0.4, -0.2) is 30.9 Å². The predicted octanol–water partition coefficient (Wildman–Crippen LogP) is 2.58. The number of hydrogen-bond donors (Lipinski definition) is 1. The van der Waals surface area contributed by atoms with Crippen molar-refractivity contribution in [3.8, 4) is 5.75 Å². The zero-order valence-corrected chi connectivity index (χ0v) is 10.0. The summed E-state index contributed by atoms with van der Waals surface area (Å²) in [6.07, 6.45) is 2.16. The molecule has 1 aromatic rings. The van der Waals surface area contributed by atoms with E-state index in [2.05, 4.69) is 6.92 Å². The van der Waals surface area contributed by atoms with Crippen LogP contribution >= 0.6 is 0 Å². The van der Waals surface area contributed by atoms with Gasteiger partial charge in [0.25, 0.3) is 0 Å². The Labute approximate surface area is 101 Å². The van der Waals surface area contributed by atoms with Crippen LogP contribution < -0.4 is 4.74 Å². The van der Waals surface area contributed by atoms with Crippen molar-refractivity contribution in [1.82, 2.24) is 0 Å². The first-order valence-electron chi connectivity index (χ1n) is 5.78. The molecular weight excluding hydrogens is 220 g/mol. The van der Waals surface area contributed by atoms with Crippen molar-refractivity contribution in [1.29, 1.82) is 0 Å². The lowest BCUT2D eigenvalue weighted by atomic mass is 10.2. The minimum atomic E-state index is -0.949. The van der Waals surface area contributed by atoms with Gasteiger partial charge in [-0.25, -0.2) is 4.79 Å². The lowest BCUT2D eigenvalue weighted by Gasteiger charge is -2.07. The molecule has 1 rings (SSSR count). The molecule has 1 N–H and O–H groups in total. The van der Waals surface area contributed by atoms with E-state index in [4.69, 9.17) is 14.6 Å². The van der Waals surface area contributed by atoms with Crippen molar-refractivity contribution in [2.75, 3.05) is 19.8 Å². The number of aromatic carboxylic acids is 1. The summed E-state index contributed by atoms with van der Waals surface area (Å²) in [6, 6.07) is 6.44. The summed E-state index contributed by atoms with van der Waals surface area (Å²) in [5.41, 5.74) is 0.231. The minimum absolute atomic E-state index is 0.231. The highest BCUT2D eigenvalue weighted by molar-refractivity contribution is 5.87. The molecule has 94 valence electrons. The number of rotatable bonds is 8. The van der Waals surface area contributed by atoms with E-state index in [0.29, 0.717) is 19.0 Å². The molecule has 0 spiro atoms. The van der Waals surface area contributed by atoms with E-state index in [1.54, 1.807) is 12.1 Å². The molecule has 0 unspecified atom stereocenters. The molecule has 0 saturated carbocycles.